The van der Waals surface area contributed by atoms with Crippen LogP contribution in [-0.4, -0.2) is 49.2 Å². The molecule has 1 aromatic heterocycles. The smallest absolute Gasteiger partial charge is 0.185 e. The van der Waals surface area contributed by atoms with E-state index in [2.05, 4.69) is 36.0 Å². The Hall–Kier alpha value is -0.650. The molecule has 2 heterocycles. The largest absolute Gasteiger partial charge is 0.345 e. The van der Waals surface area contributed by atoms with E-state index in [9.17, 15) is 0 Å². The number of hydrogen-bond donors (Lipinski definition) is 1. The summed E-state index contributed by atoms with van der Waals surface area (Å²) in [6.07, 6.45) is 3.76. The number of likely N-dealkylation sites (N-methyl/N-ethyl adjacent to an activating group) is 1. The van der Waals surface area contributed by atoms with Crippen molar-refractivity contribution in [1.29, 1.82) is 0 Å². The van der Waals surface area contributed by atoms with Gasteiger partial charge in [0.25, 0.3) is 0 Å². The molecule has 1 N–H and O–H groups in total. The van der Waals surface area contributed by atoms with Crippen LogP contribution in [0, 0.1) is 0 Å². The number of hydrogen-bond acceptors (Lipinski definition) is 5. The SMILES string of the molecule is CCNC1CCCc2sc(N3CCN(C)C(C)C3)nc21. The monoisotopic (exact) mass is 294 g/mol. The molecule has 1 saturated heterocycles. The molecule has 1 aliphatic carbocycles. The first-order valence-corrected chi connectivity index (χ1v) is 8.69. The van der Waals surface area contributed by atoms with Crippen LogP contribution in [0.3, 0.4) is 0 Å². The maximum atomic E-state index is 5.00. The van der Waals surface area contributed by atoms with Gasteiger partial charge in [0.05, 0.1) is 11.7 Å². The zero-order valence-corrected chi connectivity index (χ0v) is 13.7. The summed E-state index contributed by atoms with van der Waals surface area (Å²) in [5.41, 5.74) is 1.34. The van der Waals surface area contributed by atoms with Crippen LogP contribution in [0.25, 0.3) is 0 Å². The van der Waals surface area contributed by atoms with Crippen molar-refractivity contribution in [2.24, 2.45) is 0 Å². The number of fused-ring (bicyclic) bond motifs is 1. The van der Waals surface area contributed by atoms with Gasteiger partial charge in [0.1, 0.15) is 0 Å². The normalized spacial score (nSPS) is 27.6. The molecular formula is C15H26N4S. The van der Waals surface area contributed by atoms with Gasteiger partial charge in [0, 0.05) is 30.6 Å². The molecule has 0 bridgehead atoms. The molecule has 1 aromatic rings. The lowest BCUT2D eigenvalue weighted by Gasteiger charge is -2.37. The van der Waals surface area contributed by atoms with Gasteiger partial charge in [-0.05, 0) is 39.8 Å². The second-order valence-electron chi connectivity index (χ2n) is 6.08. The molecule has 5 heteroatoms. The summed E-state index contributed by atoms with van der Waals surface area (Å²) in [5.74, 6) is 0. The predicted octanol–water partition coefficient (Wildman–Crippen LogP) is 2.27. The number of aryl methyl sites for hydroxylation is 1. The zero-order chi connectivity index (χ0) is 14.1. The first kappa shape index (κ1) is 14.3. The number of thiazole rings is 1. The van der Waals surface area contributed by atoms with E-state index in [1.165, 1.54) is 35.0 Å². The Bertz CT molecular complexity index is 459. The van der Waals surface area contributed by atoms with Crippen molar-refractivity contribution in [2.75, 3.05) is 38.1 Å². The van der Waals surface area contributed by atoms with Gasteiger partial charge < -0.3 is 15.1 Å². The van der Waals surface area contributed by atoms with E-state index in [1.54, 1.807) is 0 Å². The molecule has 2 aliphatic rings. The average molecular weight is 294 g/mol. The summed E-state index contributed by atoms with van der Waals surface area (Å²) in [4.78, 5) is 11.4. The number of nitrogens with one attached hydrogen (secondary N) is 1. The third-order valence-corrected chi connectivity index (χ3v) is 5.82. The molecular weight excluding hydrogens is 268 g/mol. The summed E-state index contributed by atoms with van der Waals surface area (Å²) in [6.45, 7) is 8.88. The maximum Gasteiger partial charge on any atom is 0.185 e. The van der Waals surface area contributed by atoms with Crippen molar-refractivity contribution in [3.8, 4) is 0 Å². The fraction of sp³-hybridized carbons (Fsp3) is 0.800. The van der Waals surface area contributed by atoms with Gasteiger partial charge in [-0.1, -0.05) is 6.92 Å². The number of nitrogens with zero attached hydrogens (tertiary/aromatic N) is 3. The number of aromatic nitrogens is 1. The first-order chi connectivity index (χ1) is 9.69. The lowest BCUT2D eigenvalue weighted by Crippen LogP contribution is -2.50. The molecule has 20 heavy (non-hydrogen) atoms. The van der Waals surface area contributed by atoms with Crippen molar-refractivity contribution >= 4 is 16.5 Å². The Morgan fingerprint density at radius 1 is 1.40 bits per heavy atom. The molecule has 3 rings (SSSR count). The Morgan fingerprint density at radius 2 is 2.25 bits per heavy atom. The van der Waals surface area contributed by atoms with Crippen LogP contribution < -0.4 is 10.2 Å². The van der Waals surface area contributed by atoms with Gasteiger partial charge in [-0.3, -0.25) is 0 Å². The zero-order valence-electron chi connectivity index (χ0n) is 12.9. The van der Waals surface area contributed by atoms with Gasteiger partial charge in [-0.15, -0.1) is 11.3 Å². The highest BCUT2D eigenvalue weighted by Gasteiger charge is 2.28. The molecule has 1 aliphatic heterocycles. The van der Waals surface area contributed by atoms with Crippen LogP contribution in [0.4, 0.5) is 5.13 Å². The maximum absolute atomic E-state index is 5.00. The van der Waals surface area contributed by atoms with Gasteiger partial charge in [0.2, 0.25) is 0 Å². The van der Waals surface area contributed by atoms with Crippen molar-refractivity contribution in [1.82, 2.24) is 15.2 Å². The third kappa shape index (κ3) is 2.71. The fourth-order valence-corrected chi connectivity index (χ4v) is 4.41. The minimum absolute atomic E-state index is 0.485. The Balaban J connectivity index is 1.78. The highest BCUT2D eigenvalue weighted by atomic mass is 32.1. The Labute approximate surface area is 126 Å². The Kier molecular flexibility index (Phi) is 4.29. The highest BCUT2D eigenvalue weighted by Crippen LogP contribution is 2.37. The van der Waals surface area contributed by atoms with E-state index in [1.807, 2.05) is 11.3 Å². The minimum Gasteiger partial charge on any atom is -0.345 e. The predicted molar refractivity (Wildman–Crippen MR) is 85.8 cm³/mol. The van der Waals surface area contributed by atoms with Crippen LogP contribution >= 0.6 is 11.3 Å². The van der Waals surface area contributed by atoms with Crippen LogP contribution in [-0.2, 0) is 6.42 Å². The van der Waals surface area contributed by atoms with Crippen LogP contribution in [0.15, 0.2) is 0 Å². The number of rotatable bonds is 3. The molecule has 0 aromatic carbocycles. The summed E-state index contributed by atoms with van der Waals surface area (Å²) < 4.78 is 0. The Morgan fingerprint density at radius 3 is 3.00 bits per heavy atom. The van der Waals surface area contributed by atoms with E-state index in [0.29, 0.717) is 12.1 Å². The molecule has 0 saturated carbocycles. The topological polar surface area (TPSA) is 31.4 Å². The van der Waals surface area contributed by atoms with Crippen molar-refractivity contribution in [2.45, 2.75) is 45.2 Å². The molecule has 4 nitrogen and oxygen atoms in total. The third-order valence-electron chi connectivity index (χ3n) is 4.62. The second-order valence-corrected chi connectivity index (χ2v) is 7.15. The lowest BCUT2D eigenvalue weighted by atomic mass is 9.98. The van der Waals surface area contributed by atoms with Crippen LogP contribution in [0.5, 0.6) is 0 Å². The van der Waals surface area contributed by atoms with Gasteiger partial charge in [-0.25, -0.2) is 4.98 Å². The number of anilines is 1. The van der Waals surface area contributed by atoms with Gasteiger partial charge >= 0.3 is 0 Å². The minimum atomic E-state index is 0.485. The van der Waals surface area contributed by atoms with E-state index in [-0.39, 0.29) is 0 Å². The average Bonchev–Trinajstić information content (AvgIpc) is 2.87. The quantitative estimate of drug-likeness (QED) is 0.927. The van der Waals surface area contributed by atoms with E-state index in [4.69, 9.17) is 4.98 Å². The number of piperazine rings is 1. The van der Waals surface area contributed by atoms with Crippen molar-refractivity contribution in [3.63, 3.8) is 0 Å². The van der Waals surface area contributed by atoms with Crippen molar-refractivity contribution in [3.05, 3.63) is 10.6 Å². The van der Waals surface area contributed by atoms with E-state index in [0.717, 1.165) is 26.2 Å². The van der Waals surface area contributed by atoms with Gasteiger partial charge in [0.15, 0.2) is 5.13 Å². The fourth-order valence-electron chi connectivity index (χ4n) is 3.21. The summed E-state index contributed by atoms with van der Waals surface area (Å²) in [7, 11) is 2.22. The molecule has 2 unspecified atom stereocenters. The summed E-state index contributed by atoms with van der Waals surface area (Å²) in [5, 5.41) is 4.84. The summed E-state index contributed by atoms with van der Waals surface area (Å²) >= 11 is 1.93. The van der Waals surface area contributed by atoms with E-state index >= 15 is 0 Å². The molecule has 112 valence electrons. The highest BCUT2D eigenvalue weighted by molar-refractivity contribution is 7.15. The molecule has 0 radical (unpaired) electrons. The van der Waals surface area contributed by atoms with E-state index < -0.39 is 0 Å². The molecule has 2 atom stereocenters. The van der Waals surface area contributed by atoms with Crippen molar-refractivity contribution < 1.29 is 0 Å². The second kappa shape index (κ2) is 6.00. The molecule has 0 amide bonds. The lowest BCUT2D eigenvalue weighted by molar-refractivity contribution is 0.234. The molecule has 1 fully saturated rings. The van der Waals surface area contributed by atoms with Gasteiger partial charge in [-0.2, -0.15) is 0 Å². The van der Waals surface area contributed by atoms with Crippen LogP contribution in [0.1, 0.15) is 43.3 Å². The molecule has 0 spiro atoms. The first-order valence-electron chi connectivity index (χ1n) is 7.87. The standard InChI is InChI=1S/C15H26N4S/c1-4-16-12-6-5-7-13-14(12)17-15(20-13)19-9-8-18(3)11(2)10-19/h11-12,16H,4-10H2,1-3H3. The summed E-state index contributed by atoms with van der Waals surface area (Å²) in [6, 6.07) is 1.10. The van der Waals surface area contributed by atoms with Crippen LogP contribution in [0.2, 0.25) is 0 Å².